The van der Waals surface area contributed by atoms with Crippen molar-refractivity contribution in [3.63, 3.8) is 0 Å². The first-order valence-corrected chi connectivity index (χ1v) is 11.3. The van der Waals surface area contributed by atoms with E-state index in [1.54, 1.807) is 0 Å². The van der Waals surface area contributed by atoms with Crippen molar-refractivity contribution in [3.05, 3.63) is 52.0 Å². The lowest BCUT2D eigenvalue weighted by molar-refractivity contribution is -0.141. The highest BCUT2D eigenvalue weighted by molar-refractivity contribution is 7.09. The Morgan fingerprint density at radius 2 is 2.18 bits per heavy atom. The van der Waals surface area contributed by atoms with Crippen LogP contribution in [0.2, 0.25) is 0 Å². The first-order valence-electron chi connectivity index (χ1n) is 10.4. The number of rotatable bonds is 6. The molecule has 2 aromatic heterocycles. The number of nitrogens with zero attached hydrogens (tertiary/aromatic N) is 2. The molecule has 2 aliphatic rings. The van der Waals surface area contributed by atoms with Crippen LogP contribution < -0.4 is 0 Å². The molecule has 0 N–H and O–H groups in total. The van der Waals surface area contributed by atoms with Crippen molar-refractivity contribution in [2.75, 3.05) is 32.9 Å². The van der Waals surface area contributed by atoms with Gasteiger partial charge in [-0.2, -0.15) is 0 Å². The third-order valence-electron chi connectivity index (χ3n) is 6.74. The molecule has 2 fully saturated rings. The summed E-state index contributed by atoms with van der Waals surface area (Å²) in [5.41, 5.74) is 2.47. The zero-order valence-electron chi connectivity index (χ0n) is 17.3. The number of ether oxygens (including phenoxy) is 2. The number of hydrogen-bond donors (Lipinski definition) is 0. The van der Waals surface area contributed by atoms with Crippen molar-refractivity contribution in [1.82, 2.24) is 9.88 Å². The highest BCUT2D eigenvalue weighted by Crippen LogP contribution is 2.45. The monoisotopic (exact) mass is 400 g/mol. The third-order valence-corrected chi connectivity index (χ3v) is 7.68. The quantitative estimate of drug-likeness (QED) is 0.719. The molecule has 5 heteroatoms. The largest absolute Gasteiger partial charge is 0.376 e. The average molecular weight is 401 g/mol. The Kier molecular flexibility index (Phi) is 5.88. The molecule has 1 unspecified atom stereocenters. The second-order valence-corrected chi connectivity index (χ2v) is 9.83. The topological polar surface area (TPSA) is 34.6 Å². The minimum atomic E-state index is -0.0408. The molecule has 4 heterocycles. The van der Waals surface area contributed by atoms with Gasteiger partial charge in [-0.15, -0.1) is 11.3 Å². The van der Waals surface area contributed by atoms with E-state index in [0.29, 0.717) is 0 Å². The molecule has 0 spiro atoms. The molecule has 0 amide bonds. The SMILES string of the molecule is Cc1ccc(C(C)(C)N2CC[C@@](CCc3cccs3)(C3COCCO3)C2)cn1. The smallest absolute Gasteiger partial charge is 0.0878 e. The van der Waals surface area contributed by atoms with Crippen LogP contribution in [-0.4, -0.2) is 48.9 Å². The van der Waals surface area contributed by atoms with Gasteiger partial charge in [0.1, 0.15) is 0 Å². The van der Waals surface area contributed by atoms with Crippen LogP contribution in [0.4, 0.5) is 0 Å². The lowest BCUT2D eigenvalue weighted by Crippen LogP contribution is -2.48. The van der Waals surface area contributed by atoms with E-state index >= 15 is 0 Å². The van der Waals surface area contributed by atoms with Crippen LogP contribution in [0.15, 0.2) is 35.8 Å². The van der Waals surface area contributed by atoms with E-state index < -0.39 is 0 Å². The number of hydrogen-bond acceptors (Lipinski definition) is 5. The van der Waals surface area contributed by atoms with Gasteiger partial charge in [0, 0.05) is 34.3 Å². The number of aryl methyl sites for hydroxylation is 2. The molecule has 2 aliphatic heterocycles. The summed E-state index contributed by atoms with van der Waals surface area (Å²) >= 11 is 1.86. The van der Waals surface area contributed by atoms with Crippen molar-refractivity contribution in [3.8, 4) is 0 Å². The van der Waals surface area contributed by atoms with E-state index in [-0.39, 0.29) is 17.1 Å². The van der Waals surface area contributed by atoms with Gasteiger partial charge in [-0.25, -0.2) is 0 Å². The normalized spacial score (nSPS) is 26.6. The van der Waals surface area contributed by atoms with Gasteiger partial charge in [-0.1, -0.05) is 12.1 Å². The summed E-state index contributed by atoms with van der Waals surface area (Å²) in [6.07, 6.45) is 5.67. The first-order chi connectivity index (χ1) is 13.5. The van der Waals surface area contributed by atoms with Crippen LogP contribution in [0.5, 0.6) is 0 Å². The van der Waals surface area contributed by atoms with Gasteiger partial charge < -0.3 is 9.47 Å². The van der Waals surface area contributed by atoms with E-state index in [9.17, 15) is 0 Å². The molecule has 0 aromatic carbocycles. The van der Waals surface area contributed by atoms with Gasteiger partial charge in [0.25, 0.3) is 0 Å². The molecular formula is C23H32N2O2S. The molecule has 152 valence electrons. The minimum absolute atomic E-state index is 0.0408. The van der Waals surface area contributed by atoms with Gasteiger partial charge in [0.2, 0.25) is 0 Å². The molecule has 2 aromatic rings. The molecule has 4 nitrogen and oxygen atoms in total. The van der Waals surface area contributed by atoms with Gasteiger partial charge in [0.15, 0.2) is 0 Å². The fourth-order valence-electron chi connectivity index (χ4n) is 4.68. The van der Waals surface area contributed by atoms with E-state index in [1.807, 2.05) is 24.5 Å². The maximum absolute atomic E-state index is 6.26. The summed E-state index contributed by atoms with van der Waals surface area (Å²) < 4.78 is 12.1. The molecule has 0 radical (unpaired) electrons. The Morgan fingerprint density at radius 1 is 1.29 bits per heavy atom. The Morgan fingerprint density at radius 3 is 2.86 bits per heavy atom. The number of aromatic nitrogens is 1. The van der Waals surface area contributed by atoms with Crippen molar-refractivity contribution in [1.29, 1.82) is 0 Å². The number of likely N-dealkylation sites (tertiary alicyclic amines) is 1. The van der Waals surface area contributed by atoms with E-state index in [1.165, 1.54) is 10.4 Å². The lowest BCUT2D eigenvalue weighted by atomic mass is 9.76. The van der Waals surface area contributed by atoms with Crippen molar-refractivity contribution in [2.45, 2.75) is 51.7 Å². The highest BCUT2D eigenvalue weighted by atomic mass is 32.1. The van der Waals surface area contributed by atoms with Crippen LogP contribution in [0, 0.1) is 12.3 Å². The third kappa shape index (κ3) is 4.04. The summed E-state index contributed by atoms with van der Waals surface area (Å²) in [7, 11) is 0. The van der Waals surface area contributed by atoms with E-state index in [2.05, 4.69) is 53.4 Å². The van der Waals surface area contributed by atoms with Gasteiger partial charge in [-0.3, -0.25) is 9.88 Å². The molecule has 28 heavy (non-hydrogen) atoms. The standard InChI is InChI=1S/C23H32N2O2S/c1-18-6-7-19(15-24-18)22(2,3)25-11-10-23(17-25,21-16-26-12-13-27-21)9-8-20-5-4-14-28-20/h4-7,14-15,21H,8-13,16-17H2,1-3H3/t21?,23-/m1/s1. The predicted octanol–water partition coefficient (Wildman–Crippen LogP) is 4.43. The van der Waals surface area contributed by atoms with Crippen LogP contribution in [0.1, 0.15) is 42.8 Å². The summed E-state index contributed by atoms with van der Waals surface area (Å²) in [5.74, 6) is 0. The minimum Gasteiger partial charge on any atom is -0.376 e. The summed E-state index contributed by atoms with van der Waals surface area (Å²) in [5, 5.41) is 2.18. The van der Waals surface area contributed by atoms with E-state index in [4.69, 9.17) is 9.47 Å². The van der Waals surface area contributed by atoms with Crippen molar-refractivity contribution >= 4 is 11.3 Å². The van der Waals surface area contributed by atoms with E-state index in [0.717, 1.165) is 57.9 Å². The molecule has 0 saturated carbocycles. The Hall–Kier alpha value is -1.27. The molecular weight excluding hydrogens is 368 g/mol. The van der Waals surface area contributed by atoms with Crippen LogP contribution in [0.3, 0.4) is 0 Å². The zero-order valence-corrected chi connectivity index (χ0v) is 18.1. The molecule has 4 rings (SSSR count). The molecule has 0 aliphatic carbocycles. The van der Waals surface area contributed by atoms with Crippen molar-refractivity contribution in [2.24, 2.45) is 5.41 Å². The molecule has 0 bridgehead atoms. The van der Waals surface area contributed by atoms with Gasteiger partial charge >= 0.3 is 0 Å². The second kappa shape index (κ2) is 8.23. The fourth-order valence-corrected chi connectivity index (χ4v) is 5.39. The Balaban J connectivity index is 1.54. The zero-order chi connectivity index (χ0) is 19.6. The predicted molar refractivity (Wildman–Crippen MR) is 114 cm³/mol. The van der Waals surface area contributed by atoms with Crippen LogP contribution >= 0.6 is 11.3 Å². The van der Waals surface area contributed by atoms with Gasteiger partial charge in [0.05, 0.1) is 25.9 Å². The lowest BCUT2D eigenvalue weighted by Gasteiger charge is -2.42. The first kappa shape index (κ1) is 20.0. The summed E-state index contributed by atoms with van der Waals surface area (Å²) in [6.45, 7) is 11.0. The summed E-state index contributed by atoms with van der Waals surface area (Å²) in [4.78, 5) is 8.64. The summed E-state index contributed by atoms with van der Waals surface area (Å²) in [6, 6.07) is 8.76. The molecule has 2 saturated heterocycles. The maximum atomic E-state index is 6.26. The Bertz CT molecular complexity index is 753. The fraction of sp³-hybridized carbons (Fsp3) is 0.609. The second-order valence-electron chi connectivity index (χ2n) is 8.79. The number of pyridine rings is 1. The average Bonchev–Trinajstić information content (AvgIpc) is 3.38. The van der Waals surface area contributed by atoms with Gasteiger partial charge in [-0.05, 0) is 69.7 Å². The maximum Gasteiger partial charge on any atom is 0.0878 e. The van der Waals surface area contributed by atoms with Crippen molar-refractivity contribution < 1.29 is 9.47 Å². The van der Waals surface area contributed by atoms with Crippen LogP contribution in [0.25, 0.3) is 0 Å². The highest BCUT2D eigenvalue weighted by Gasteiger charge is 2.49. The number of thiophene rings is 1. The molecule has 2 atom stereocenters. The Labute approximate surface area is 172 Å². The van der Waals surface area contributed by atoms with Crippen LogP contribution in [-0.2, 0) is 21.4 Å².